The molecular weight excluding hydrogens is 552 g/mol. The molecule has 2 aliphatic carbocycles. The van der Waals surface area contributed by atoms with Crippen LogP contribution in [0, 0.1) is 17.8 Å². The smallest absolute Gasteiger partial charge is 0.337 e. The van der Waals surface area contributed by atoms with E-state index in [1.54, 1.807) is 13.8 Å². The molecule has 230 valence electrons. The monoisotopic (exact) mass is 590 g/mol. The van der Waals surface area contributed by atoms with E-state index in [1.807, 2.05) is 0 Å². The number of aliphatic hydroxyl groups is 4. The summed E-state index contributed by atoms with van der Waals surface area (Å²) in [6.07, 6.45) is 1.86. The second kappa shape index (κ2) is 13.6. The molecule has 0 bridgehead atoms. The van der Waals surface area contributed by atoms with Gasteiger partial charge in [-0.1, -0.05) is 36.5 Å². The van der Waals surface area contributed by atoms with E-state index in [1.165, 1.54) is 38.2 Å². The lowest BCUT2D eigenvalue weighted by molar-refractivity contribution is -0.167. The van der Waals surface area contributed by atoms with Gasteiger partial charge in [0.05, 0.1) is 42.0 Å². The molecule has 0 spiro atoms. The highest BCUT2D eigenvalue weighted by Crippen LogP contribution is 2.53. The largest absolute Gasteiger partial charge is 0.459 e. The number of carbonyl (C=O) groups excluding carboxylic acids is 4. The molecule has 1 saturated heterocycles. The maximum atomic E-state index is 13.3. The first-order valence-corrected chi connectivity index (χ1v) is 13.6. The van der Waals surface area contributed by atoms with Gasteiger partial charge in [-0.3, -0.25) is 0 Å². The molecule has 1 heterocycles. The Balaban J connectivity index is 1.95. The van der Waals surface area contributed by atoms with E-state index in [0.29, 0.717) is 5.57 Å². The summed E-state index contributed by atoms with van der Waals surface area (Å²) < 4.78 is 22.0. The Morgan fingerprint density at radius 3 is 2.12 bits per heavy atom. The summed E-state index contributed by atoms with van der Waals surface area (Å²) in [5.74, 6) is -5.98. The standard InChI is InChI=1S/C30H38O12/c1-6-17(11-31)27(35)39-13-19(8-3)29(37)41-21-10-30(38,14-40-28(36)18(7-2)12-32)24-20(33)9-15(4)22(24)25-23(21)16(5)26(34)42-25/h6-9,20-25,31-33,38H,5,10-14H2,1-4H3. The second-order valence-corrected chi connectivity index (χ2v) is 10.5. The van der Waals surface area contributed by atoms with Crippen molar-refractivity contribution in [2.45, 2.75) is 58.0 Å². The summed E-state index contributed by atoms with van der Waals surface area (Å²) in [6, 6.07) is 0. The predicted octanol–water partition coefficient (Wildman–Crippen LogP) is 0.594. The van der Waals surface area contributed by atoms with E-state index in [4.69, 9.17) is 18.9 Å². The van der Waals surface area contributed by atoms with E-state index >= 15 is 0 Å². The fraction of sp³-hybridized carbons (Fsp3) is 0.533. The Labute approximate surface area is 243 Å². The zero-order valence-electron chi connectivity index (χ0n) is 24.1. The normalized spacial score (nSPS) is 31.4. The number of carbonyl (C=O) groups is 4. The van der Waals surface area contributed by atoms with Gasteiger partial charge in [0, 0.05) is 23.8 Å². The lowest BCUT2D eigenvalue weighted by atomic mass is 9.75. The molecule has 0 radical (unpaired) electrons. The molecule has 4 N–H and O–H groups in total. The van der Waals surface area contributed by atoms with Gasteiger partial charge in [0.1, 0.15) is 31.0 Å². The van der Waals surface area contributed by atoms with Gasteiger partial charge in [-0.2, -0.15) is 0 Å². The van der Waals surface area contributed by atoms with Gasteiger partial charge in [0.15, 0.2) is 0 Å². The lowest BCUT2D eigenvalue weighted by Crippen LogP contribution is -2.51. The Morgan fingerprint density at radius 1 is 1.00 bits per heavy atom. The first-order valence-electron chi connectivity index (χ1n) is 13.6. The van der Waals surface area contributed by atoms with Gasteiger partial charge >= 0.3 is 23.9 Å². The molecule has 0 aromatic carbocycles. The fourth-order valence-corrected chi connectivity index (χ4v) is 5.86. The molecule has 12 nitrogen and oxygen atoms in total. The number of ether oxygens (including phenoxy) is 4. The van der Waals surface area contributed by atoms with Crippen molar-refractivity contribution < 1.29 is 58.6 Å². The molecule has 2 fully saturated rings. The summed E-state index contributed by atoms with van der Waals surface area (Å²) in [5, 5.41) is 41.8. The molecule has 0 aromatic rings. The van der Waals surface area contributed by atoms with Crippen LogP contribution in [0.1, 0.15) is 34.1 Å². The number of fused-ring (bicyclic) bond motifs is 3. The minimum atomic E-state index is -1.98. The van der Waals surface area contributed by atoms with E-state index in [-0.39, 0.29) is 28.7 Å². The van der Waals surface area contributed by atoms with Crippen molar-refractivity contribution in [2.24, 2.45) is 17.8 Å². The van der Waals surface area contributed by atoms with Gasteiger partial charge in [0.2, 0.25) is 0 Å². The van der Waals surface area contributed by atoms with E-state index in [2.05, 4.69) is 6.58 Å². The Hall–Kier alpha value is -3.58. The van der Waals surface area contributed by atoms with Crippen molar-refractivity contribution >= 4 is 23.9 Å². The van der Waals surface area contributed by atoms with E-state index in [0.717, 1.165) is 0 Å². The van der Waals surface area contributed by atoms with E-state index in [9.17, 15) is 39.6 Å². The molecule has 7 atom stereocenters. The van der Waals surface area contributed by atoms with Gasteiger partial charge in [-0.25, -0.2) is 19.2 Å². The van der Waals surface area contributed by atoms with Crippen LogP contribution in [0.3, 0.4) is 0 Å². The molecule has 0 aromatic heterocycles. The number of rotatable bonds is 10. The maximum Gasteiger partial charge on any atom is 0.337 e. The minimum absolute atomic E-state index is 0.00115. The summed E-state index contributed by atoms with van der Waals surface area (Å²) in [6.45, 7) is 7.90. The Bertz CT molecular complexity index is 1240. The second-order valence-electron chi connectivity index (χ2n) is 10.5. The van der Waals surface area contributed by atoms with Crippen LogP contribution < -0.4 is 0 Å². The summed E-state index contributed by atoms with van der Waals surface area (Å²) in [7, 11) is 0. The third-order valence-corrected chi connectivity index (χ3v) is 8.15. The Morgan fingerprint density at radius 2 is 1.57 bits per heavy atom. The average Bonchev–Trinajstić information content (AvgIpc) is 3.38. The van der Waals surface area contributed by atoms with Crippen molar-refractivity contribution in [3.05, 3.63) is 58.7 Å². The number of esters is 4. The zero-order valence-corrected chi connectivity index (χ0v) is 24.1. The molecule has 12 heteroatoms. The third kappa shape index (κ3) is 6.41. The molecule has 3 aliphatic rings. The van der Waals surface area contributed by atoms with Gasteiger partial charge < -0.3 is 39.4 Å². The first-order chi connectivity index (χ1) is 19.9. The molecule has 0 amide bonds. The molecular formula is C30H38O12. The summed E-state index contributed by atoms with van der Waals surface area (Å²) in [4.78, 5) is 50.7. The summed E-state index contributed by atoms with van der Waals surface area (Å²) >= 11 is 0. The molecule has 1 aliphatic heterocycles. The predicted molar refractivity (Wildman–Crippen MR) is 146 cm³/mol. The number of hydrogen-bond acceptors (Lipinski definition) is 12. The van der Waals surface area contributed by atoms with Gasteiger partial charge in [-0.05, 0) is 27.7 Å². The van der Waals surface area contributed by atoms with Crippen LogP contribution >= 0.6 is 0 Å². The van der Waals surface area contributed by atoms with Crippen LogP contribution in [0.4, 0.5) is 0 Å². The van der Waals surface area contributed by atoms with Crippen LogP contribution in [0.2, 0.25) is 0 Å². The van der Waals surface area contributed by atoms with Crippen molar-refractivity contribution in [1.82, 2.24) is 0 Å². The zero-order chi connectivity index (χ0) is 31.4. The minimum Gasteiger partial charge on any atom is -0.459 e. The van der Waals surface area contributed by atoms with Crippen LogP contribution in [0.25, 0.3) is 0 Å². The highest BCUT2D eigenvalue weighted by Gasteiger charge is 2.62. The summed E-state index contributed by atoms with van der Waals surface area (Å²) in [5.41, 5.74) is -1.44. The van der Waals surface area contributed by atoms with Crippen LogP contribution in [0.15, 0.2) is 58.7 Å². The van der Waals surface area contributed by atoms with Crippen LogP contribution in [-0.2, 0) is 38.1 Å². The SMILES string of the molecule is C=C1C(=O)OC2C1C(OC(=O)C(=CC)COC(=O)C(=CC)CO)CC(O)(COC(=O)C(=CC)CO)C1C(O)C=C(C)C21. The van der Waals surface area contributed by atoms with E-state index < -0.39 is 92.0 Å². The number of hydrogen-bond donors (Lipinski definition) is 4. The van der Waals surface area contributed by atoms with Crippen molar-refractivity contribution in [3.63, 3.8) is 0 Å². The topological polar surface area (TPSA) is 186 Å². The average molecular weight is 591 g/mol. The third-order valence-electron chi connectivity index (χ3n) is 8.15. The van der Waals surface area contributed by atoms with Crippen molar-refractivity contribution in [1.29, 1.82) is 0 Å². The van der Waals surface area contributed by atoms with Crippen LogP contribution in [0.5, 0.6) is 0 Å². The van der Waals surface area contributed by atoms with Crippen molar-refractivity contribution in [3.8, 4) is 0 Å². The maximum absolute atomic E-state index is 13.3. The quantitative estimate of drug-likeness (QED) is 0.120. The van der Waals surface area contributed by atoms with Gasteiger partial charge in [-0.15, -0.1) is 0 Å². The van der Waals surface area contributed by atoms with Crippen LogP contribution in [-0.4, -0.2) is 94.6 Å². The van der Waals surface area contributed by atoms with Gasteiger partial charge in [0.25, 0.3) is 0 Å². The lowest BCUT2D eigenvalue weighted by Gasteiger charge is -2.38. The highest BCUT2D eigenvalue weighted by atomic mass is 16.6. The molecule has 7 unspecified atom stereocenters. The number of allylic oxidation sites excluding steroid dienone is 3. The molecule has 1 saturated carbocycles. The Kier molecular flexibility index (Phi) is 10.7. The number of aliphatic hydroxyl groups excluding tert-OH is 3. The fourth-order valence-electron chi connectivity index (χ4n) is 5.86. The highest BCUT2D eigenvalue weighted by molar-refractivity contribution is 5.93. The molecule has 3 rings (SSSR count). The molecule has 42 heavy (non-hydrogen) atoms. The van der Waals surface area contributed by atoms with Crippen molar-refractivity contribution in [2.75, 3.05) is 26.4 Å². The first kappa shape index (κ1) is 32.9.